The third-order valence-electron chi connectivity index (χ3n) is 1.73. The number of rotatable bonds is 1. The van der Waals surface area contributed by atoms with Gasteiger partial charge in [-0.2, -0.15) is 0 Å². The molecule has 1 rings (SSSR count). The summed E-state index contributed by atoms with van der Waals surface area (Å²) in [6.45, 7) is 0. The first kappa shape index (κ1) is 7.41. The summed E-state index contributed by atoms with van der Waals surface area (Å²) in [6, 6.07) is 0. The highest BCUT2D eigenvalue weighted by molar-refractivity contribution is 4.92. The second-order valence-electron chi connectivity index (χ2n) is 2.94. The standard InChI is InChI=1S/C7H15N3/c1-8(2)7-9(3)5-6-10(7)4/h5-7H,1-4H3. The Balaban J connectivity index is 2.60. The maximum absolute atomic E-state index is 2.17. The normalized spacial score (nSPS) is 19.7. The highest BCUT2D eigenvalue weighted by atomic mass is 15.5. The van der Waals surface area contributed by atoms with Crippen LogP contribution in [0.25, 0.3) is 0 Å². The Hall–Kier alpha value is -0.700. The van der Waals surface area contributed by atoms with Gasteiger partial charge in [-0.1, -0.05) is 0 Å². The largest absolute Gasteiger partial charge is 0.347 e. The van der Waals surface area contributed by atoms with Gasteiger partial charge in [0.15, 0.2) is 6.29 Å². The summed E-state index contributed by atoms with van der Waals surface area (Å²) in [5.74, 6) is 0. The second-order valence-corrected chi connectivity index (χ2v) is 2.94. The summed E-state index contributed by atoms with van der Waals surface area (Å²) < 4.78 is 0. The van der Waals surface area contributed by atoms with Crippen molar-refractivity contribution in [3.8, 4) is 0 Å². The maximum Gasteiger partial charge on any atom is 0.158 e. The van der Waals surface area contributed by atoms with Crippen LogP contribution in [0.4, 0.5) is 0 Å². The fourth-order valence-corrected chi connectivity index (χ4v) is 1.38. The van der Waals surface area contributed by atoms with E-state index >= 15 is 0 Å². The van der Waals surface area contributed by atoms with Gasteiger partial charge in [-0.25, -0.2) is 0 Å². The quantitative estimate of drug-likeness (QED) is 0.516. The molecule has 0 amide bonds. The smallest absolute Gasteiger partial charge is 0.158 e. The Bertz CT molecular complexity index is 130. The van der Waals surface area contributed by atoms with Gasteiger partial charge in [0, 0.05) is 26.5 Å². The molecule has 0 unspecified atom stereocenters. The molecule has 0 spiro atoms. The van der Waals surface area contributed by atoms with E-state index in [1.807, 2.05) is 0 Å². The zero-order valence-electron chi connectivity index (χ0n) is 7.07. The van der Waals surface area contributed by atoms with Crippen LogP contribution in [0.5, 0.6) is 0 Å². The summed E-state index contributed by atoms with van der Waals surface area (Å²) in [6.07, 6.45) is 4.54. The molecule has 0 saturated heterocycles. The molecule has 0 bridgehead atoms. The fourth-order valence-electron chi connectivity index (χ4n) is 1.38. The van der Waals surface area contributed by atoms with Gasteiger partial charge in [0.25, 0.3) is 0 Å². The molecule has 1 heterocycles. The first-order valence-electron chi connectivity index (χ1n) is 3.41. The van der Waals surface area contributed by atoms with Crippen LogP contribution in [-0.2, 0) is 0 Å². The van der Waals surface area contributed by atoms with Crippen molar-refractivity contribution in [1.82, 2.24) is 14.7 Å². The van der Waals surface area contributed by atoms with Gasteiger partial charge in [0.05, 0.1) is 0 Å². The third kappa shape index (κ3) is 1.09. The summed E-state index contributed by atoms with van der Waals surface area (Å²) in [5, 5.41) is 0. The van der Waals surface area contributed by atoms with Gasteiger partial charge in [-0.15, -0.1) is 0 Å². The SMILES string of the molecule is CN(C)C1N(C)C=CN1C. The van der Waals surface area contributed by atoms with Crippen LogP contribution >= 0.6 is 0 Å². The van der Waals surface area contributed by atoms with Crippen molar-refractivity contribution in [2.24, 2.45) is 0 Å². The molecule has 0 aromatic rings. The molecule has 0 radical (unpaired) electrons. The lowest BCUT2D eigenvalue weighted by Crippen LogP contribution is -2.45. The fraction of sp³-hybridized carbons (Fsp3) is 0.714. The van der Waals surface area contributed by atoms with Crippen molar-refractivity contribution in [2.75, 3.05) is 28.2 Å². The van der Waals surface area contributed by atoms with Crippen LogP contribution < -0.4 is 0 Å². The Kier molecular flexibility index (Phi) is 1.85. The first-order chi connectivity index (χ1) is 4.63. The van der Waals surface area contributed by atoms with E-state index < -0.39 is 0 Å². The third-order valence-corrected chi connectivity index (χ3v) is 1.73. The van der Waals surface area contributed by atoms with Crippen LogP contribution in [0.15, 0.2) is 12.4 Å². The molecule has 3 nitrogen and oxygen atoms in total. The molecule has 0 atom stereocenters. The molecular formula is C7H15N3. The maximum atomic E-state index is 2.17. The van der Waals surface area contributed by atoms with Crippen LogP contribution in [0, 0.1) is 0 Å². The van der Waals surface area contributed by atoms with Crippen molar-refractivity contribution in [3.05, 3.63) is 12.4 Å². The van der Waals surface area contributed by atoms with Gasteiger partial charge < -0.3 is 9.80 Å². The van der Waals surface area contributed by atoms with Gasteiger partial charge in [-0.05, 0) is 14.1 Å². The van der Waals surface area contributed by atoms with E-state index in [-0.39, 0.29) is 0 Å². The average Bonchev–Trinajstić information content (AvgIpc) is 2.11. The highest BCUT2D eigenvalue weighted by Crippen LogP contribution is 2.11. The van der Waals surface area contributed by atoms with Crippen LogP contribution in [0.2, 0.25) is 0 Å². The monoisotopic (exact) mass is 141 g/mol. The van der Waals surface area contributed by atoms with Gasteiger partial charge in [-0.3, -0.25) is 4.90 Å². The highest BCUT2D eigenvalue weighted by Gasteiger charge is 2.21. The van der Waals surface area contributed by atoms with E-state index in [1.165, 1.54) is 0 Å². The number of nitrogens with zero attached hydrogens (tertiary/aromatic N) is 3. The topological polar surface area (TPSA) is 9.72 Å². The van der Waals surface area contributed by atoms with Crippen molar-refractivity contribution in [2.45, 2.75) is 6.29 Å². The second kappa shape index (κ2) is 2.50. The molecular weight excluding hydrogens is 126 g/mol. The zero-order valence-corrected chi connectivity index (χ0v) is 7.07. The number of hydrogen-bond acceptors (Lipinski definition) is 3. The molecule has 10 heavy (non-hydrogen) atoms. The summed E-state index contributed by atoms with van der Waals surface area (Å²) >= 11 is 0. The molecule has 0 fully saturated rings. The average molecular weight is 141 g/mol. The first-order valence-corrected chi connectivity index (χ1v) is 3.41. The predicted octanol–water partition coefficient (Wildman–Crippen LogP) is 0.180. The van der Waals surface area contributed by atoms with Crippen molar-refractivity contribution < 1.29 is 0 Å². The summed E-state index contributed by atoms with van der Waals surface area (Å²) in [7, 11) is 8.30. The molecule has 1 aliphatic rings. The van der Waals surface area contributed by atoms with Crippen molar-refractivity contribution in [1.29, 1.82) is 0 Å². The van der Waals surface area contributed by atoms with Crippen LogP contribution in [0.1, 0.15) is 0 Å². The Morgan fingerprint density at radius 1 is 1.10 bits per heavy atom. The lowest BCUT2D eigenvalue weighted by molar-refractivity contribution is 0.0593. The molecule has 0 aromatic carbocycles. The van der Waals surface area contributed by atoms with E-state index in [1.54, 1.807) is 0 Å². The van der Waals surface area contributed by atoms with Crippen molar-refractivity contribution in [3.63, 3.8) is 0 Å². The van der Waals surface area contributed by atoms with E-state index in [9.17, 15) is 0 Å². The Morgan fingerprint density at radius 2 is 1.50 bits per heavy atom. The van der Waals surface area contributed by atoms with Crippen molar-refractivity contribution >= 4 is 0 Å². The van der Waals surface area contributed by atoms with Gasteiger partial charge in [0.2, 0.25) is 0 Å². The molecule has 1 aliphatic heterocycles. The van der Waals surface area contributed by atoms with Gasteiger partial charge in [0.1, 0.15) is 0 Å². The lowest BCUT2D eigenvalue weighted by Gasteiger charge is -2.32. The Labute approximate surface area is 62.5 Å². The molecule has 0 aliphatic carbocycles. The van der Waals surface area contributed by atoms with Crippen LogP contribution in [-0.4, -0.2) is 49.2 Å². The summed E-state index contributed by atoms with van der Waals surface area (Å²) in [5.41, 5.74) is 0. The van der Waals surface area contributed by atoms with E-state index in [4.69, 9.17) is 0 Å². The number of hydrogen-bond donors (Lipinski definition) is 0. The van der Waals surface area contributed by atoms with Gasteiger partial charge >= 0.3 is 0 Å². The minimum absolute atomic E-state index is 0.389. The van der Waals surface area contributed by atoms with Crippen LogP contribution in [0.3, 0.4) is 0 Å². The summed E-state index contributed by atoms with van der Waals surface area (Å²) in [4.78, 5) is 6.50. The molecule has 0 aromatic heterocycles. The molecule has 0 saturated carbocycles. The zero-order chi connectivity index (χ0) is 7.72. The predicted molar refractivity (Wildman–Crippen MR) is 42.1 cm³/mol. The minimum atomic E-state index is 0.389. The minimum Gasteiger partial charge on any atom is -0.347 e. The molecule has 58 valence electrons. The van der Waals surface area contributed by atoms with E-state index in [0.29, 0.717) is 6.29 Å². The van der Waals surface area contributed by atoms with E-state index in [0.717, 1.165) is 0 Å². The Morgan fingerprint density at radius 3 is 1.70 bits per heavy atom. The lowest BCUT2D eigenvalue weighted by atomic mass is 10.6. The molecule has 3 heteroatoms. The van der Waals surface area contributed by atoms with E-state index in [2.05, 4.69) is 55.3 Å². The molecule has 0 N–H and O–H groups in total.